The molecule has 1 amide bonds. The van der Waals surface area contributed by atoms with E-state index in [9.17, 15) is 4.79 Å². The summed E-state index contributed by atoms with van der Waals surface area (Å²) in [5.41, 5.74) is 4.86. The predicted molar refractivity (Wildman–Crippen MR) is 127 cm³/mol. The number of benzene rings is 3. The Hall–Kier alpha value is -4.13. The first-order valence-corrected chi connectivity index (χ1v) is 11.1. The number of oxazole rings is 2. The van der Waals surface area contributed by atoms with Gasteiger partial charge in [0.25, 0.3) is 6.01 Å². The lowest BCUT2D eigenvalue weighted by Gasteiger charge is -2.30. The van der Waals surface area contributed by atoms with Crippen molar-refractivity contribution in [1.29, 1.82) is 0 Å². The zero-order valence-corrected chi connectivity index (χ0v) is 17.9. The molecule has 1 aliphatic rings. The standard InChI is InChI=1S/C26H22N4O3/c31-24(17-13-15-30(16-14-17)26-29-21-6-2-4-8-23(21)33-26)27-19-11-9-18(10-12-19)25-28-20-5-1-3-7-22(20)32-25/h1-12,17H,13-16H2,(H,27,31). The molecule has 6 rings (SSSR count). The second kappa shape index (κ2) is 8.09. The first-order valence-electron chi connectivity index (χ1n) is 11.1. The SMILES string of the molecule is O=C(Nc1ccc(-c2nc3ccccc3o2)cc1)C1CCN(c2nc3ccccc3o2)CC1. The Morgan fingerprint density at radius 1 is 0.818 bits per heavy atom. The van der Waals surface area contributed by atoms with Crippen molar-refractivity contribution in [3.63, 3.8) is 0 Å². The molecule has 0 aliphatic carbocycles. The molecule has 2 aromatic heterocycles. The molecule has 0 bridgehead atoms. The third kappa shape index (κ3) is 3.82. The lowest BCUT2D eigenvalue weighted by Crippen LogP contribution is -2.38. The van der Waals surface area contributed by atoms with Crippen molar-refractivity contribution in [3.05, 3.63) is 72.8 Å². The Morgan fingerprint density at radius 2 is 1.45 bits per heavy atom. The number of fused-ring (bicyclic) bond motifs is 2. The molecule has 7 nitrogen and oxygen atoms in total. The van der Waals surface area contributed by atoms with E-state index in [0.717, 1.165) is 59.4 Å². The number of piperidine rings is 1. The minimum Gasteiger partial charge on any atom is -0.436 e. The predicted octanol–water partition coefficient (Wildman–Crippen LogP) is 5.49. The summed E-state index contributed by atoms with van der Waals surface area (Å²) in [6.07, 6.45) is 1.51. The summed E-state index contributed by atoms with van der Waals surface area (Å²) in [5, 5.41) is 3.05. The average molecular weight is 438 g/mol. The molecule has 1 aliphatic heterocycles. The quantitative estimate of drug-likeness (QED) is 0.399. The Kier molecular flexibility index (Phi) is 4.79. The zero-order chi connectivity index (χ0) is 22.2. The van der Waals surface area contributed by atoms with E-state index in [-0.39, 0.29) is 11.8 Å². The van der Waals surface area contributed by atoms with Crippen molar-refractivity contribution < 1.29 is 13.6 Å². The Labute approximate surface area is 190 Å². The highest BCUT2D eigenvalue weighted by Gasteiger charge is 2.27. The van der Waals surface area contributed by atoms with E-state index < -0.39 is 0 Å². The van der Waals surface area contributed by atoms with Crippen LogP contribution in [0.25, 0.3) is 33.7 Å². The number of carbonyl (C=O) groups is 1. The minimum atomic E-state index is -0.0395. The van der Waals surface area contributed by atoms with E-state index in [1.807, 2.05) is 72.8 Å². The van der Waals surface area contributed by atoms with Crippen molar-refractivity contribution >= 4 is 39.8 Å². The van der Waals surface area contributed by atoms with Crippen molar-refractivity contribution in [1.82, 2.24) is 9.97 Å². The number of amides is 1. The van der Waals surface area contributed by atoms with Crippen LogP contribution in [0.1, 0.15) is 12.8 Å². The number of rotatable bonds is 4. The molecule has 7 heteroatoms. The van der Waals surface area contributed by atoms with Gasteiger partial charge >= 0.3 is 0 Å². The second-order valence-corrected chi connectivity index (χ2v) is 8.28. The van der Waals surface area contributed by atoms with Crippen LogP contribution in [0.5, 0.6) is 0 Å². The van der Waals surface area contributed by atoms with Gasteiger partial charge in [-0.1, -0.05) is 24.3 Å². The molecule has 0 atom stereocenters. The van der Waals surface area contributed by atoms with Crippen molar-refractivity contribution in [2.45, 2.75) is 12.8 Å². The fourth-order valence-corrected chi connectivity index (χ4v) is 4.26. The Morgan fingerprint density at radius 3 is 2.12 bits per heavy atom. The summed E-state index contributed by atoms with van der Waals surface area (Å²) in [4.78, 5) is 24.0. The summed E-state index contributed by atoms with van der Waals surface area (Å²) in [6.45, 7) is 1.48. The fourth-order valence-electron chi connectivity index (χ4n) is 4.26. The number of anilines is 2. The maximum Gasteiger partial charge on any atom is 0.298 e. The van der Waals surface area contributed by atoms with Crippen LogP contribution in [0.3, 0.4) is 0 Å². The van der Waals surface area contributed by atoms with E-state index in [4.69, 9.17) is 8.83 Å². The molecule has 164 valence electrons. The monoisotopic (exact) mass is 438 g/mol. The Bertz CT molecular complexity index is 1360. The summed E-state index contributed by atoms with van der Waals surface area (Å²) >= 11 is 0. The third-order valence-corrected chi connectivity index (χ3v) is 6.11. The van der Waals surface area contributed by atoms with E-state index in [2.05, 4.69) is 20.2 Å². The van der Waals surface area contributed by atoms with Crippen LogP contribution in [0, 0.1) is 5.92 Å². The molecular formula is C26H22N4O3. The first kappa shape index (κ1) is 19.5. The van der Waals surface area contributed by atoms with Gasteiger partial charge in [0.15, 0.2) is 11.2 Å². The highest BCUT2D eigenvalue weighted by Crippen LogP contribution is 2.28. The van der Waals surface area contributed by atoms with Crippen LogP contribution >= 0.6 is 0 Å². The van der Waals surface area contributed by atoms with Gasteiger partial charge in [0, 0.05) is 30.3 Å². The van der Waals surface area contributed by atoms with Gasteiger partial charge in [-0.3, -0.25) is 4.79 Å². The fraction of sp³-hybridized carbons (Fsp3) is 0.192. The first-order chi connectivity index (χ1) is 16.2. The van der Waals surface area contributed by atoms with Gasteiger partial charge in [-0.25, -0.2) is 4.98 Å². The molecule has 0 unspecified atom stereocenters. The number of carbonyl (C=O) groups excluding carboxylic acids is 1. The summed E-state index contributed by atoms with van der Waals surface area (Å²) in [6, 6.07) is 23.7. The van der Waals surface area contributed by atoms with Gasteiger partial charge in [0.1, 0.15) is 11.0 Å². The number of nitrogens with zero attached hydrogens (tertiary/aromatic N) is 3. The number of aromatic nitrogens is 2. The second-order valence-electron chi connectivity index (χ2n) is 8.28. The number of hydrogen-bond donors (Lipinski definition) is 1. The van der Waals surface area contributed by atoms with Gasteiger partial charge in [-0.15, -0.1) is 0 Å². The van der Waals surface area contributed by atoms with Crippen LogP contribution in [0.15, 0.2) is 81.6 Å². The lowest BCUT2D eigenvalue weighted by atomic mass is 9.96. The normalized spacial score (nSPS) is 14.7. The van der Waals surface area contributed by atoms with E-state index >= 15 is 0 Å². The maximum atomic E-state index is 12.8. The summed E-state index contributed by atoms with van der Waals surface area (Å²) < 4.78 is 11.7. The van der Waals surface area contributed by atoms with Crippen LogP contribution in [0.4, 0.5) is 11.7 Å². The summed E-state index contributed by atoms with van der Waals surface area (Å²) in [7, 11) is 0. The van der Waals surface area contributed by atoms with Gasteiger partial charge in [-0.05, 0) is 61.4 Å². The molecule has 1 N–H and O–H groups in total. The van der Waals surface area contributed by atoms with E-state index in [1.54, 1.807) is 0 Å². The average Bonchev–Trinajstić information content (AvgIpc) is 3.49. The van der Waals surface area contributed by atoms with Crippen LogP contribution < -0.4 is 10.2 Å². The minimum absolute atomic E-state index is 0.0395. The smallest absolute Gasteiger partial charge is 0.298 e. The summed E-state index contributed by atoms with van der Waals surface area (Å²) in [5.74, 6) is 0.574. The van der Waals surface area contributed by atoms with Gasteiger partial charge in [-0.2, -0.15) is 4.98 Å². The number of hydrogen-bond acceptors (Lipinski definition) is 6. The zero-order valence-electron chi connectivity index (χ0n) is 17.9. The molecule has 1 saturated heterocycles. The van der Waals surface area contributed by atoms with E-state index in [0.29, 0.717) is 11.9 Å². The van der Waals surface area contributed by atoms with Gasteiger partial charge in [0.2, 0.25) is 11.8 Å². The maximum absolute atomic E-state index is 12.8. The van der Waals surface area contributed by atoms with E-state index in [1.165, 1.54) is 0 Å². The molecule has 5 aromatic rings. The lowest BCUT2D eigenvalue weighted by molar-refractivity contribution is -0.120. The van der Waals surface area contributed by atoms with Crippen LogP contribution in [0.2, 0.25) is 0 Å². The largest absolute Gasteiger partial charge is 0.436 e. The molecule has 3 aromatic carbocycles. The number of para-hydroxylation sites is 4. The van der Waals surface area contributed by atoms with Crippen molar-refractivity contribution in [2.75, 3.05) is 23.3 Å². The van der Waals surface area contributed by atoms with Crippen molar-refractivity contribution in [2.24, 2.45) is 5.92 Å². The highest BCUT2D eigenvalue weighted by molar-refractivity contribution is 5.93. The van der Waals surface area contributed by atoms with Crippen molar-refractivity contribution in [3.8, 4) is 11.5 Å². The number of nitrogens with one attached hydrogen (secondary N) is 1. The van der Waals surface area contributed by atoms with Gasteiger partial charge < -0.3 is 19.1 Å². The molecular weight excluding hydrogens is 416 g/mol. The van der Waals surface area contributed by atoms with Crippen LogP contribution in [-0.4, -0.2) is 29.0 Å². The third-order valence-electron chi connectivity index (χ3n) is 6.11. The molecule has 0 spiro atoms. The topological polar surface area (TPSA) is 84.4 Å². The molecule has 1 fully saturated rings. The molecule has 3 heterocycles. The highest BCUT2D eigenvalue weighted by atomic mass is 16.4. The Balaban J connectivity index is 1.08. The van der Waals surface area contributed by atoms with Gasteiger partial charge in [0.05, 0.1) is 0 Å². The molecule has 33 heavy (non-hydrogen) atoms. The van der Waals surface area contributed by atoms with Crippen LogP contribution in [-0.2, 0) is 4.79 Å². The molecule has 0 saturated carbocycles. The molecule has 0 radical (unpaired) electrons.